The minimum Gasteiger partial charge on any atom is -0.459 e. The van der Waals surface area contributed by atoms with Crippen molar-refractivity contribution in [3.05, 3.63) is 35.9 Å². The Labute approximate surface area is 331 Å². The van der Waals surface area contributed by atoms with Crippen LogP contribution in [-0.2, 0) is 42.9 Å². The Bertz CT molecular complexity index is 1640. The Kier molecular flexibility index (Phi) is 15.9. The molecule has 2 N–H and O–H groups in total. The lowest BCUT2D eigenvalue weighted by Gasteiger charge is -2.47. The second-order valence-electron chi connectivity index (χ2n) is 16.0. The Hall–Kier alpha value is -3.55. The number of nitrogens with zero attached hydrogens (tertiary/aromatic N) is 3. The molecule has 1 aromatic carbocycles. The maximum atomic E-state index is 14.4. The molecule has 0 aliphatic carbocycles. The molecule has 3 heterocycles. The number of oxime groups is 1. The van der Waals surface area contributed by atoms with Crippen molar-refractivity contribution < 1.29 is 53.1 Å². The summed E-state index contributed by atoms with van der Waals surface area (Å²) in [6.07, 6.45) is -4.99. The van der Waals surface area contributed by atoms with Gasteiger partial charge in [-0.3, -0.25) is 14.4 Å². The molecule has 14 heteroatoms. The molecule has 3 fully saturated rings. The molecule has 3 aliphatic rings. The first kappa shape index (κ1) is 45.2. The third kappa shape index (κ3) is 11.3. The number of carbonyl (C=O) groups excluding carboxylic acids is 3. The number of amides is 1. The molecular weight excluding hydrogens is 722 g/mol. The number of ketones is 1. The lowest BCUT2D eigenvalue weighted by atomic mass is 9.76. The van der Waals surface area contributed by atoms with E-state index in [2.05, 4.69) is 22.0 Å². The van der Waals surface area contributed by atoms with Crippen molar-refractivity contribution in [2.75, 3.05) is 33.9 Å². The van der Waals surface area contributed by atoms with Crippen molar-refractivity contribution in [2.45, 2.75) is 135 Å². The fraction of sp³-hybridized carbons (Fsp3) is 0.690. The van der Waals surface area contributed by atoms with Gasteiger partial charge in [-0.05, 0) is 79.1 Å². The predicted molar refractivity (Wildman–Crippen MR) is 209 cm³/mol. The number of aliphatic hydroxyl groups is 2. The van der Waals surface area contributed by atoms with Crippen molar-refractivity contribution in [3.63, 3.8) is 0 Å². The van der Waals surface area contributed by atoms with Crippen LogP contribution in [0.3, 0.4) is 0 Å². The highest BCUT2D eigenvalue weighted by Crippen LogP contribution is 2.39. The number of aliphatic hydroxyl groups excluding tert-OH is 1. The minimum atomic E-state index is -1.81. The molecular formula is C42H61N3O11. The maximum absolute atomic E-state index is 14.4. The molecule has 2 bridgehead atoms. The average molecular weight is 784 g/mol. The highest BCUT2D eigenvalue weighted by Gasteiger charge is 2.51. The Morgan fingerprint density at radius 1 is 1.09 bits per heavy atom. The fourth-order valence-corrected chi connectivity index (χ4v) is 7.84. The summed E-state index contributed by atoms with van der Waals surface area (Å²) in [7, 11) is 3.73. The summed E-state index contributed by atoms with van der Waals surface area (Å²) >= 11 is 0. The zero-order valence-corrected chi connectivity index (χ0v) is 34.5. The quantitative estimate of drug-likeness (QED) is 0.141. The number of hydrogen-bond donors (Lipinski definition) is 2. The Morgan fingerprint density at radius 3 is 2.43 bits per heavy atom. The summed E-state index contributed by atoms with van der Waals surface area (Å²) in [4.78, 5) is 52.7. The Balaban J connectivity index is 1.88. The normalized spacial score (nSPS) is 37.8. The molecule has 0 unspecified atom stereocenters. The highest BCUT2D eigenvalue weighted by atomic mass is 16.7. The van der Waals surface area contributed by atoms with Gasteiger partial charge in [-0.2, -0.15) is 0 Å². The number of benzene rings is 1. The molecule has 56 heavy (non-hydrogen) atoms. The summed E-state index contributed by atoms with van der Waals surface area (Å²) in [6.45, 7) is 12.8. The largest absolute Gasteiger partial charge is 0.459 e. The molecule has 3 aliphatic heterocycles. The van der Waals surface area contributed by atoms with Gasteiger partial charge in [0, 0.05) is 36.6 Å². The van der Waals surface area contributed by atoms with Gasteiger partial charge >= 0.3 is 5.97 Å². The van der Waals surface area contributed by atoms with E-state index in [1.54, 1.807) is 20.8 Å². The van der Waals surface area contributed by atoms with E-state index < -0.39 is 77.3 Å². The standard InChI is InChI=1S/C42H61N3O11/c1-11-34-42(8,50)35-21-32(43-29(6)46)25(2)22-41(7,52-24-31(23-51-35)44-53-19-15-18-30-16-13-12-14-17-30)38(27(4)36(47)28(5)39(49)55-34)56-40-37(48)33(45(9)10)20-26(3)54-40/h12-14,16-17,25-28,33-35,37-38,40,48,50H,11,19-24H2,1-10H3/b43-32?,44-31-/t25-,26-,27+,28-,33+,34+,35+,37-,38-,40+,41-,42-/m1/s1. The number of aliphatic imine (C=N–C) groups is 1. The molecule has 0 saturated carbocycles. The van der Waals surface area contributed by atoms with Crippen molar-refractivity contribution in [2.24, 2.45) is 27.9 Å². The summed E-state index contributed by atoms with van der Waals surface area (Å²) in [5.41, 5.74) is -1.68. The van der Waals surface area contributed by atoms with E-state index in [-0.39, 0.29) is 51.2 Å². The first-order valence-electron chi connectivity index (χ1n) is 19.5. The number of likely N-dealkylation sites (N-methyl/N-ethyl adjacent to an activating group) is 1. The van der Waals surface area contributed by atoms with Crippen LogP contribution in [0.25, 0.3) is 0 Å². The van der Waals surface area contributed by atoms with Gasteiger partial charge in [-0.15, -0.1) is 0 Å². The van der Waals surface area contributed by atoms with Gasteiger partial charge in [0.1, 0.15) is 29.4 Å². The average Bonchev–Trinajstić information content (AvgIpc) is 3.16. The molecule has 0 aromatic heterocycles. The Morgan fingerprint density at radius 2 is 1.79 bits per heavy atom. The van der Waals surface area contributed by atoms with Crippen molar-refractivity contribution >= 4 is 29.1 Å². The number of hydrogen-bond acceptors (Lipinski definition) is 13. The van der Waals surface area contributed by atoms with Crippen LogP contribution in [0.5, 0.6) is 0 Å². The number of esters is 1. The SMILES string of the molecule is CC[C@@H]1OC(=O)[C@H](C)C(=O)[C@H](C)[C@@H](O[C@@H]2O[C@H](C)C[C@H](N(C)C)[C@H]2O)[C@@]2(C)C[C@@H](C)C(=NC(C)=O)C[C@H](OC/C(=N/OCC#Cc3ccccc3)CO2)[C@]1(C)O. The topological polar surface area (TPSA) is 175 Å². The lowest BCUT2D eigenvalue weighted by molar-refractivity contribution is -0.296. The van der Waals surface area contributed by atoms with E-state index in [9.17, 15) is 24.6 Å². The van der Waals surface area contributed by atoms with Crippen LogP contribution in [0.15, 0.2) is 40.5 Å². The smallest absolute Gasteiger partial charge is 0.316 e. The number of carbonyl (C=O) groups is 3. The van der Waals surface area contributed by atoms with Gasteiger partial charge < -0.3 is 43.6 Å². The van der Waals surface area contributed by atoms with Crippen molar-refractivity contribution in [1.29, 1.82) is 0 Å². The predicted octanol–water partition coefficient (Wildman–Crippen LogP) is 3.73. The number of cyclic esters (lactones) is 1. The van der Waals surface area contributed by atoms with E-state index in [0.29, 0.717) is 17.8 Å². The third-order valence-electron chi connectivity index (χ3n) is 11.1. The summed E-state index contributed by atoms with van der Waals surface area (Å²) in [6, 6.07) is 9.12. The number of Topliss-reactive ketones (excluding diaryl/α,β-unsaturated/α-hetero) is 1. The van der Waals surface area contributed by atoms with E-state index in [1.807, 2.05) is 63.2 Å². The zero-order valence-electron chi connectivity index (χ0n) is 34.5. The lowest BCUT2D eigenvalue weighted by Crippen LogP contribution is -2.59. The second-order valence-corrected chi connectivity index (χ2v) is 16.0. The first-order chi connectivity index (χ1) is 26.4. The van der Waals surface area contributed by atoms with Gasteiger partial charge in [0.25, 0.3) is 0 Å². The third-order valence-corrected chi connectivity index (χ3v) is 11.1. The summed E-state index contributed by atoms with van der Waals surface area (Å²) in [5.74, 6) is 1.43. The zero-order chi connectivity index (χ0) is 41.4. The van der Waals surface area contributed by atoms with E-state index in [4.69, 9.17) is 28.5 Å². The van der Waals surface area contributed by atoms with Crippen LogP contribution < -0.4 is 0 Å². The van der Waals surface area contributed by atoms with Crippen molar-refractivity contribution in [1.82, 2.24) is 4.90 Å². The minimum absolute atomic E-state index is 0.0173. The maximum Gasteiger partial charge on any atom is 0.316 e. The second kappa shape index (κ2) is 19.7. The van der Waals surface area contributed by atoms with Crippen LogP contribution in [0.1, 0.15) is 86.6 Å². The monoisotopic (exact) mass is 783 g/mol. The van der Waals surface area contributed by atoms with Gasteiger partial charge in [-0.1, -0.05) is 56.0 Å². The molecule has 1 amide bonds. The summed E-state index contributed by atoms with van der Waals surface area (Å²) < 4.78 is 32.1. The molecule has 0 radical (unpaired) electrons. The highest BCUT2D eigenvalue weighted by molar-refractivity contribution is 6.00. The number of rotatable bonds is 6. The van der Waals surface area contributed by atoms with E-state index >= 15 is 0 Å². The van der Waals surface area contributed by atoms with Crippen LogP contribution in [-0.4, -0.2) is 132 Å². The van der Waals surface area contributed by atoms with Crippen LogP contribution in [0.2, 0.25) is 0 Å². The fourth-order valence-electron chi connectivity index (χ4n) is 7.84. The molecule has 12 atom stereocenters. The number of ether oxygens (including phenoxy) is 5. The van der Waals surface area contributed by atoms with Crippen LogP contribution in [0, 0.1) is 29.6 Å². The first-order valence-corrected chi connectivity index (χ1v) is 19.5. The van der Waals surface area contributed by atoms with Gasteiger partial charge in [-0.25, -0.2) is 4.99 Å². The molecule has 14 nitrogen and oxygen atoms in total. The molecule has 1 aromatic rings. The summed E-state index contributed by atoms with van der Waals surface area (Å²) in [5, 5.41) is 28.1. The molecule has 310 valence electrons. The number of fused-ring (bicyclic) bond motifs is 5. The van der Waals surface area contributed by atoms with Gasteiger partial charge in [0.15, 0.2) is 18.7 Å². The van der Waals surface area contributed by atoms with Crippen molar-refractivity contribution in [3.8, 4) is 11.8 Å². The van der Waals surface area contributed by atoms with E-state index in [0.717, 1.165) is 5.56 Å². The van der Waals surface area contributed by atoms with Gasteiger partial charge in [0.05, 0.1) is 37.1 Å². The molecule has 3 saturated heterocycles. The van der Waals surface area contributed by atoms with Crippen LogP contribution in [0.4, 0.5) is 0 Å². The van der Waals surface area contributed by atoms with Gasteiger partial charge in [0.2, 0.25) is 5.91 Å². The van der Waals surface area contributed by atoms with Crippen LogP contribution >= 0.6 is 0 Å². The van der Waals surface area contributed by atoms with E-state index in [1.165, 1.54) is 20.8 Å². The molecule has 4 rings (SSSR count). The molecule has 0 spiro atoms.